The summed E-state index contributed by atoms with van der Waals surface area (Å²) in [4.78, 5) is 26.4. The maximum absolute atomic E-state index is 12.5. The Bertz CT molecular complexity index is 1050. The van der Waals surface area contributed by atoms with E-state index in [-0.39, 0.29) is 18.4 Å². The Kier molecular flexibility index (Phi) is 6.28. The van der Waals surface area contributed by atoms with Crippen molar-refractivity contribution in [3.8, 4) is 5.75 Å². The number of amides is 2. The van der Waals surface area contributed by atoms with Crippen molar-refractivity contribution in [2.24, 2.45) is 0 Å². The van der Waals surface area contributed by atoms with Crippen LogP contribution in [0, 0.1) is 0 Å². The third-order valence-electron chi connectivity index (χ3n) is 5.46. The van der Waals surface area contributed by atoms with Crippen LogP contribution in [0.2, 0.25) is 0 Å². The van der Waals surface area contributed by atoms with Crippen LogP contribution >= 0.6 is 0 Å². The number of benzene rings is 3. The van der Waals surface area contributed by atoms with Gasteiger partial charge in [-0.05, 0) is 46.9 Å². The zero-order valence-corrected chi connectivity index (χ0v) is 17.0. The molecule has 3 aromatic rings. The van der Waals surface area contributed by atoms with Crippen LogP contribution in [0.3, 0.4) is 0 Å². The summed E-state index contributed by atoms with van der Waals surface area (Å²) in [6.45, 7) is 1.88. The first kappa shape index (κ1) is 20.0. The van der Waals surface area contributed by atoms with Crippen molar-refractivity contribution in [1.29, 1.82) is 0 Å². The first-order valence-corrected chi connectivity index (χ1v) is 10.4. The Morgan fingerprint density at radius 3 is 2.57 bits per heavy atom. The first-order chi connectivity index (χ1) is 14.7. The first-order valence-electron chi connectivity index (χ1n) is 10.4. The molecule has 0 bridgehead atoms. The molecule has 0 saturated heterocycles. The van der Waals surface area contributed by atoms with Gasteiger partial charge < -0.3 is 15.0 Å². The van der Waals surface area contributed by atoms with Crippen LogP contribution in [0.15, 0.2) is 66.7 Å². The maximum atomic E-state index is 12.5. The van der Waals surface area contributed by atoms with Gasteiger partial charge in [-0.3, -0.25) is 9.59 Å². The van der Waals surface area contributed by atoms with Crippen LogP contribution in [0.4, 0.5) is 0 Å². The van der Waals surface area contributed by atoms with Crippen molar-refractivity contribution in [3.05, 3.63) is 77.9 Å². The molecule has 1 heterocycles. The molecule has 0 aromatic heterocycles. The average molecular weight is 402 g/mol. The van der Waals surface area contributed by atoms with Gasteiger partial charge in [0.15, 0.2) is 6.61 Å². The van der Waals surface area contributed by atoms with Gasteiger partial charge in [-0.1, -0.05) is 54.6 Å². The number of rotatable bonds is 7. The molecule has 0 unspecified atom stereocenters. The minimum absolute atomic E-state index is 0.0325. The summed E-state index contributed by atoms with van der Waals surface area (Å²) >= 11 is 0. The number of hydrogen-bond acceptors (Lipinski definition) is 3. The Hall–Kier alpha value is -3.34. The molecule has 0 spiro atoms. The minimum atomic E-state index is -0.178. The summed E-state index contributed by atoms with van der Waals surface area (Å²) in [6.07, 6.45) is 1.97. The normalized spacial score (nSPS) is 13.0. The Balaban J connectivity index is 1.15. The van der Waals surface area contributed by atoms with Crippen LogP contribution in [0.25, 0.3) is 10.8 Å². The van der Waals surface area contributed by atoms with E-state index in [0.717, 1.165) is 23.7 Å². The predicted octanol–water partition coefficient (Wildman–Crippen LogP) is 3.70. The summed E-state index contributed by atoms with van der Waals surface area (Å²) in [5.74, 6) is 0.637. The highest BCUT2D eigenvalue weighted by molar-refractivity contribution is 5.84. The van der Waals surface area contributed by atoms with E-state index in [0.29, 0.717) is 31.7 Å². The van der Waals surface area contributed by atoms with E-state index in [1.54, 1.807) is 0 Å². The maximum Gasteiger partial charge on any atom is 0.257 e. The lowest BCUT2D eigenvalue weighted by Gasteiger charge is -2.29. The molecule has 5 heteroatoms. The highest BCUT2D eigenvalue weighted by atomic mass is 16.5. The highest BCUT2D eigenvalue weighted by Crippen LogP contribution is 2.21. The molecule has 4 rings (SSSR count). The fraction of sp³-hybridized carbons (Fsp3) is 0.280. The molecule has 0 saturated carbocycles. The number of fused-ring (bicyclic) bond motifs is 2. The zero-order chi connectivity index (χ0) is 20.8. The van der Waals surface area contributed by atoms with Crippen molar-refractivity contribution in [1.82, 2.24) is 10.2 Å². The molecule has 154 valence electrons. The Morgan fingerprint density at radius 2 is 1.70 bits per heavy atom. The quantitative estimate of drug-likeness (QED) is 0.613. The van der Waals surface area contributed by atoms with Gasteiger partial charge in [0.05, 0.1) is 0 Å². The van der Waals surface area contributed by atoms with Gasteiger partial charge in [0.1, 0.15) is 5.75 Å². The van der Waals surface area contributed by atoms with E-state index in [4.69, 9.17) is 4.74 Å². The topological polar surface area (TPSA) is 58.6 Å². The van der Waals surface area contributed by atoms with Gasteiger partial charge >= 0.3 is 0 Å². The molecule has 0 atom stereocenters. The number of ether oxygens (including phenoxy) is 1. The summed E-state index contributed by atoms with van der Waals surface area (Å²) in [7, 11) is 0. The van der Waals surface area contributed by atoms with Crippen molar-refractivity contribution in [2.75, 3.05) is 19.7 Å². The third-order valence-corrected chi connectivity index (χ3v) is 5.46. The second kappa shape index (κ2) is 9.44. The van der Waals surface area contributed by atoms with E-state index < -0.39 is 0 Å². The molecule has 0 radical (unpaired) electrons. The number of carbonyl (C=O) groups is 2. The highest BCUT2D eigenvalue weighted by Gasteiger charge is 2.19. The molecule has 0 fully saturated rings. The standard InChI is InChI=1S/C25H26N2O3/c28-24(18-30-23-12-11-19-6-1-3-8-21(19)16-23)26-14-5-10-25(29)27-15-13-20-7-2-4-9-22(20)17-27/h1-4,6-9,11-12,16H,5,10,13-15,17-18H2,(H,26,28). The van der Waals surface area contributed by atoms with Crippen LogP contribution in [0.5, 0.6) is 5.75 Å². The van der Waals surface area contributed by atoms with Crippen LogP contribution < -0.4 is 10.1 Å². The summed E-state index contributed by atoms with van der Waals surface area (Å²) in [6, 6.07) is 22.1. The molecule has 30 heavy (non-hydrogen) atoms. The molecule has 3 aromatic carbocycles. The monoisotopic (exact) mass is 402 g/mol. The van der Waals surface area contributed by atoms with Gasteiger partial charge in [0.2, 0.25) is 5.91 Å². The predicted molar refractivity (Wildman–Crippen MR) is 117 cm³/mol. The third kappa shape index (κ3) is 4.98. The molecular formula is C25H26N2O3. The lowest BCUT2D eigenvalue weighted by Crippen LogP contribution is -2.36. The number of hydrogen-bond donors (Lipinski definition) is 1. The Labute approximate surface area is 176 Å². The van der Waals surface area contributed by atoms with Gasteiger partial charge in [-0.25, -0.2) is 0 Å². The van der Waals surface area contributed by atoms with E-state index in [1.165, 1.54) is 11.1 Å². The molecule has 1 aliphatic rings. The van der Waals surface area contributed by atoms with E-state index in [9.17, 15) is 9.59 Å². The second-order valence-electron chi connectivity index (χ2n) is 7.59. The largest absolute Gasteiger partial charge is 0.484 e. The smallest absolute Gasteiger partial charge is 0.257 e. The molecule has 0 aliphatic carbocycles. The van der Waals surface area contributed by atoms with Crippen molar-refractivity contribution >= 4 is 22.6 Å². The summed E-state index contributed by atoms with van der Waals surface area (Å²) in [5.41, 5.74) is 2.57. The van der Waals surface area contributed by atoms with Gasteiger partial charge in [-0.2, -0.15) is 0 Å². The van der Waals surface area contributed by atoms with E-state index in [2.05, 4.69) is 17.4 Å². The minimum Gasteiger partial charge on any atom is -0.484 e. The molecule has 1 aliphatic heterocycles. The molecule has 5 nitrogen and oxygen atoms in total. The van der Waals surface area contributed by atoms with E-state index >= 15 is 0 Å². The van der Waals surface area contributed by atoms with Gasteiger partial charge in [0, 0.05) is 26.1 Å². The van der Waals surface area contributed by atoms with Gasteiger partial charge in [0.25, 0.3) is 5.91 Å². The number of nitrogens with zero attached hydrogens (tertiary/aromatic N) is 1. The lowest BCUT2D eigenvalue weighted by atomic mass is 9.99. The summed E-state index contributed by atoms with van der Waals surface area (Å²) in [5, 5.41) is 5.04. The van der Waals surface area contributed by atoms with Crippen LogP contribution in [-0.2, 0) is 22.6 Å². The number of nitrogens with one attached hydrogen (secondary N) is 1. The average Bonchev–Trinajstić information content (AvgIpc) is 2.80. The lowest BCUT2D eigenvalue weighted by molar-refractivity contribution is -0.132. The van der Waals surface area contributed by atoms with Crippen molar-refractivity contribution in [2.45, 2.75) is 25.8 Å². The van der Waals surface area contributed by atoms with Crippen molar-refractivity contribution in [3.63, 3.8) is 0 Å². The summed E-state index contributed by atoms with van der Waals surface area (Å²) < 4.78 is 5.60. The second-order valence-corrected chi connectivity index (χ2v) is 7.59. The van der Waals surface area contributed by atoms with Crippen molar-refractivity contribution < 1.29 is 14.3 Å². The molecule has 1 N–H and O–H groups in total. The molecule has 2 amide bonds. The van der Waals surface area contributed by atoms with Crippen LogP contribution in [0.1, 0.15) is 24.0 Å². The fourth-order valence-corrected chi connectivity index (χ4v) is 3.79. The van der Waals surface area contributed by atoms with Crippen LogP contribution in [-0.4, -0.2) is 36.4 Å². The molecular weight excluding hydrogens is 376 g/mol. The van der Waals surface area contributed by atoms with Gasteiger partial charge in [-0.15, -0.1) is 0 Å². The number of carbonyl (C=O) groups excluding carboxylic acids is 2. The fourth-order valence-electron chi connectivity index (χ4n) is 3.79. The SMILES string of the molecule is O=C(COc1ccc2ccccc2c1)NCCCC(=O)N1CCc2ccccc2C1. The van der Waals surface area contributed by atoms with E-state index in [1.807, 2.05) is 59.5 Å². The Morgan fingerprint density at radius 1 is 0.933 bits per heavy atom. The zero-order valence-electron chi connectivity index (χ0n) is 17.0.